The van der Waals surface area contributed by atoms with Crippen LogP contribution >= 0.6 is 0 Å². The van der Waals surface area contributed by atoms with Gasteiger partial charge < -0.3 is 9.13 Å². The third kappa shape index (κ3) is 5.34. The van der Waals surface area contributed by atoms with E-state index >= 15 is 0 Å². The average molecular weight is 719 g/mol. The van der Waals surface area contributed by atoms with Crippen molar-refractivity contribution in [1.29, 1.82) is 0 Å². The van der Waals surface area contributed by atoms with Crippen LogP contribution < -0.4 is 0 Å². The SMILES string of the molecule is C1=CC(n2c3ccc(-c4ccccn4)cc3c3cc(-c4ccccn4)ccc32)=CC(n2c3ccc(-c4ccccn4)cc3c3cc(-c4ccccn4)ccc32)C1. The molecule has 0 aliphatic heterocycles. The molecule has 0 fully saturated rings. The van der Waals surface area contributed by atoms with Crippen molar-refractivity contribution in [3.8, 4) is 45.0 Å². The van der Waals surface area contributed by atoms with Crippen molar-refractivity contribution in [2.75, 3.05) is 0 Å². The lowest BCUT2D eigenvalue weighted by Crippen LogP contribution is -2.10. The van der Waals surface area contributed by atoms with Gasteiger partial charge in [-0.25, -0.2) is 0 Å². The van der Waals surface area contributed by atoms with Gasteiger partial charge in [-0.15, -0.1) is 0 Å². The lowest BCUT2D eigenvalue weighted by Gasteiger charge is -2.22. The highest BCUT2D eigenvalue weighted by Crippen LogP contribution is 2.42. The highest BCUT2D eigenvalue weighted by molar-refractivity contribution is 6.13. The summed E-state index contributed by atoms with van der Waals surface area (Å²) in [7, 11) is 0. The van der Waals surface area contributed by atoms with Crippen molar-refractivity contribution >= 4 is 49.3 Å². The quantitative estimate of drug-likeness (QED) is 0.172. The Morgan fingerprint density at radius 2 is 0.786 bits per heavy atom. The predicted molar refractivity (Wildman–Crippen MR) is 229 cm³/mol. The normalized spacial score (nSPS) is 14.2. The minimum atomic E-state index is 0.0736. The number of aromatic nitrogens is 6. The largest absolute Gasteiger partial charge is 0.333 e. The van der Waals surface area contributed by atoms with E-state index in [1.54, 1.807) is 0 Å². The van der Waals surface area contributed by atoms with Gasteiger partial charge in [-0.1, -0.05) is 54.6 Å². The van der Waals surface area contributed by atoms with Gasteiger partial charge in [0.25, 0.3) is 0 Å². The molecule has 6 heterocycles. The maximum absolute atomic E-state index is 4.69. The monoisotopic (exact) mass is 718 g/mol. The molecule has 0 bridgehead atoms. The Bertz CT molecular complexity index is 2950. The Balaban J connectivity index is 1.11. The number of pyridine rings is 4. The van der Waals surface area contributed by atoms with Gasteiger partial charge in [-0.2, -0.15) is 0 Å². The first-order chi connectivity index (χ1) is 27.8. The van der Waals surface area contributed by atoms with Crippen LogP contribution in [0.25, 0.3) is 94.3 Å². The van der Waals surface area contributed by atoms with E-state index in [1.807, 2.05) is 73.3 Å². The van der Waals surface area contributed by atoms with Gasteiger partial charge in [0.05, 0.1) is 39.9 Å². The van der Waals surface area contributed by atoms with Gasteiger partial charge in [0, 0.05) is 85.3 Å². The summed E-state index contributed by atoms with van der Waals surface area (Å²) in [4.78, 5) is 18.7. The molecule has 6 aromatic heterocycles. The van der Waals surface area contributed by atoms with Crippen LogP contribution in [0.5, 0.6) is 0 Å². The van der Waals surface area contributed by atoms with Crippen LogP contribution in [0.3, 0.4) is 0 Å². The van der Waals surface area contributed by atoms with Crippen LogP contribution in [0.2, 0.25) is 0 Å². The molecule has 6 heteroatoms. The molecule has 56 heavy (non-hydrogen) atoms. The minimum absolute atomic E-state index is 0.0736. The van der Waals surface area contributed by atoms with Crippen LogP contribution in [-0.4, -0.2) is 29.1 Å². The first-order valence-corrected chi connectivity index (χ1v) is 19.0. The van der Waals surface area contributed by atoms with E-state index in [0.717, 1.165) is 68.2 Å². The fourth-order valence-electron chi connectivity index (χ4n) is 8.46. The summed E-state index contributed by atoms with van der Waals surface area (Å²) in [5.41, 5.74) is 14.0. The lowest BCUT2D eigenvalue weighted by atomic mass is 10.0. The van der Waals surface area contributed by atoms with E-state index in [1.165, 1.54) is 32.6 Å². The van der Waals surface area contributed by atoms with Gasteiger partial charge in [0.1, 0.15) is 0 Å². The molecule has 4 aromatic carbocycles. The summed E-state index contributed by atoms with van der Waals surface area (Å²) >= 11 is 0. The molecule has 0 spiro atoms. The van der Waals surface area contributed by atoms with E-state index in [4.69, 9.17) is 0 Å². The molecule has 6 nitrogen and oxygen atoms in total. The Morgan fingerprint density at radius 3 is 1.16 bits per heavy atom. The van der Waals surface area contributed by atoms with Crippen molar-refractivity contribution in [2.24, 2.45) is 0 Å². The maximum atomic E-state index is 4.69. The summed E-state index contributed by atoms with van der Waals surface area (Å²) in [6.07, 6.45) is 15.3. The van der Waals surface area contributed by atoms with Gasteiger partial charge in [0.15, 0.2) is 0 Å². The zero-order valence-electron chi connectivity index (χ0n) is 30.4. The molecule has 0 saturated carbocycles. The third-order valence-electron chi connectivity index (χ3n) is 11.0. The highest BCUT2D eigenvalue weighted by atomic mass is 15.0. The van der Waals surface area contributed by atoms with E-state index in [9.17, 15) is 0 Å². The third-order valence-corrected chi connectivity index (χ3v) is 11.0. The number of fused-ring (bicyclic) bond motifs is 6. The summed E-state index contributed by atoms with van der Waals surface area (Å²) in [6.45, 7) is 0. The van der Waals surface area contributed by atoms with Crippen molar-refractivity contribution in [2.45, 2.75) is 12.5 Å². The fraction of sp³-hybridized carbons (Fsp3) is 0.0400. The van der Waals surface area contributed by atoms with Crippen molar-refractivity contribution in [3.05, 3.63) is 189 Å². The molecule has 0 N–H and O–H groups in total. The van der Waals surface area contributed by atoms with E-state index < -0.39 is 0 Å². The second kappa shape index (κ2) is 13.1. The molecule has 11 rings (SSSR count). The van der Waals surface area contributed by atoms with Gasteiger partial charge >= 0.3 is 0 Å². The molecule has 0 amide bonds. The Hall–Kier alpha value is -7.44. The molecule has 1 aliphatic rings. The number of benzene rings is 4. The highest BCUT2D eigenvalue weighted by Gasteiger charge is 2.23. The van der Waals surface area contributed by atoms with Gasteiger partial charge in [-0.05, 0) is 116 Å². The van der Waals surface area contributed by atoms with Crippen molar-refractivity contribution in [1.82, 2.24) is 29.1 Å². The van der Waals surface area contributed by atoms with E-state index in [0.29, 0.717) is 0 Å². The van der Waals surface area contributed by atoms with Gasteiger partial charge in [-0.3, -0.25) is 19.9 Å². The number of rotatable bonds is 6. The Labute approximate surface area is 323 Å². The number of hydrogen-bond donors (Lipinski definition) is 0. The van der Waals surface area contributed by atoms with Crippen LogP contribution in [0.4, 0.5) is 0 Å². The van der Waals surface area contributed by atoms with Crippen molar-refractivity contribution < 1.29 is 0 Å². The second-order valence-corrected chi connectivity index (χ2v) is 14.3. The summed E-state index contributed by atoms with van der Waals surface area (Å²) < 4.78 is 4.94. The van der Waals surface area contributed by atoms with Crippen LogP contribution in [0, 0.1) is 0 Å². The smallest absolute Gasteiger partial charge is 0.0702 e. The summed E-state index contributed by atoms with van der Waals surface area (Å²) in [5, 5.41) is 4.76. The maximum Gasteiger partial charge on any atom is 0.0702 e. The zero-order chi connectivity index (χ0) is 37.0. The minimum Gasteiger partial charge on any atom is -0.333 e. The first kappa shape index (κ1) is 32.0. The average Bonchev–Trinajstić information content (AvgIpc) is 3.79. The zero-order valence-corrected chi connectivity index (χ0v) is 30.4. The number of allylic oxidation sites excluding steroid dienone is 4. The standard InChI is InChI=1S/C50H34N6/c1-5-24-51-43(12-1)33-16-20-47-39(28-33)40-29-34(44-13-2-6-25-52-44)17-21-48(40)55(47)37-10-9-11-38(32-37)56-49-22-18-35(45-14-3-7-26-53-45)30-41(49)42-31-36(19-23-50(42)56)46-15-4-8-27-54-46/h1-10,12-32,38H,11H2. The van der Waals surface area contributed by atoms with Crippen LogP contribution in [-0.2, 0) is 0 Å². The Kier molecular flexibility index (Phi) is 7.52. The molecular formula is C50H34N6. The molecule has 10 aromatic rings. The fourth-order valence-corrected chi connectivity index (χ4v) is 8.46. The molecule has 264 valence electrons. The number of nitrogens with zero attached hydrogens (tertiary/aromatic N) is 6. The number of hydrogen-bond acceptors (Lipinski definition) is 4. The van der Waals surface area contributed by atoms with Crippen molar-refractivity contribution in [3.63, 3.8) is 0 Å². The van der Waals surface area contributed by atoms with Gasteiger partial charge in [0.2, 0.25) is 0 Å². The summed E-state index contributed by atoms with van der Waals surface area (Å²) in [6, 6.07) is 51.4. The molecule has 1 unspecified atom stereocenters. The summed E-state index contributed by atoms with van der Waals surface area (Å²) in [5.74, 6) is 0. The van der Waals surface area contributed by atoms with E-state index in [2.05, 4.69) is 144 Å². The molecule has 0 radical (unpaired) electrons. The molecule has 1 atom stereocenters. The molecule has 1 aliphatic carbocycles. The molecular weight excluding hydrogens is 685 g/mol. The predicted octanol–water partition coefficient (Wildman–Crippen LogP) is 12.2. The topological polar surface area (TPSA) is 61.4 Å². The molecule has 0 saturated heterocycles. The lowest BCUT2D eigenvalue weighted by molar-refractivity contribution is 0.647. The van der Waals surface area contributed by atoms with Crippen LogP contribution in [0.1, 0.15) is 12.5 Å². The second-order valence-electron chi connectivity index (χ2n) is 14.3. The van der Waals surface area contributed by atoms with E-state index in [-0.39, 0.29) is 6.04 Å². The first-order valence-electron chi connectivity index (χ1n) is 19.0. The Morgan fingerprint density at radius 1 is 0.411 bits per heavy atom. The van der Waals surface area contributed by atoms with Crippen LogP contribution in [0.15, 0.2) is 189 Å².